The van der Waals surface area contributed by atoms with Crippen molar-refractivity contribution in [3.05, 3.63) is 54.1 Å². The van der Waals surface area contributed by atoms with E-state index < -0.39 is 22.0 Å². The van der Waals surface area contributed by atoms with Gasteiger partial charge >= 0.3 is 0 Å². The van der Waals surface area contributed by atoms with E-state index in [0.29, 0.717) is 5.69 Å². The summed E-state index contributed by atoms with van der Waals surface area (Å²) in [5.41, 5.74) is 2.76. The molecule has 0 aliphatic carbocycles. The van der Waals surface area contributed by atoms with Gasteiger partial charge in [-0.3, -0.25) is 4.79 Å². The second kappa shape index (κ2) is 9.59. The lowest BCUT2D eigenvalue weighted by Crippen LogP contribution is -2.46. The van der Waals surface area contributed by atoms with Crippen LogP contribution in [0.2, 0.25) is 0 Å². The van der Waals surface area contributed by atoms with Gasteiger partial charge in [0.2, 0.25) is 15.9 Å². The van der Waals surface area contributed by atoms with Gasteiger partial charge in [-0.1, -0.05) is 25.1 Å². The lowest BCUT2D eigenvalue weighted by Gasteiger charge is -2.35. The van der Waals surface area contributed by atoms with Crippen LogP contribution in [0.15, 0.2) is 53.4 Å². The molecule has 1 unspecified atom stereocenters. The number of carbonyl (C=O) groups excluding carboxylic acids is 1. The summed E-state index contributed by atoms with van der Waals surface area (Å²) in [7, 11) is -3.76. The lowest BCUT2D eigenvalue weighted by molar-refractivity contribution is -0.117. The van der Waals surface area contributed by atoms with Crippen LogP contribution in [0.4, 0.5) is 11.4 Å². The third-order valence-corrected chi connectivity index (χ3v) is 6.99. The zero-order valence-electron chi connectivity index (χ0n) is 17.8. The van der Waals surface area contributed by atoms with Crippen LogP contribution in [0.1, 0.15) is 19.4 Å². The van der Waals surface area contributed by atoms with Gasteiger partial charge in [0.05, 0.1) is 10.9 Å². The van der Waals surface area contributed by atoms with Crippen molar-refractivity contribution >= 4 is 27.3 Å². The molecular weight excluding hydrogens is 400 g/mol. The minimum absolute atomic E-state index is 0.133. The third-order valence-electron chi connectivity index (χ3n) is 5.43. The molecule has 30 heavy (non-hydrogen) atoms. The number of sulfonamides is 1. The maximum Gasteiger partial charge on any atom is 0.242 e. The highest BCUT2D eigenvalue weighted by molar-refractivity contribution is 7.89. The zero-order chi connectivity index (χ0) is 21.7. The Kier molecular flexibility index (Phi) is 7.12. The molecular formula is C22H30N4O3S. The van der Waals surface area contributed by atoms with Crippen molar-refractivity contribution in [2.45, 2.75) is 31.7 Å². The Morgan fingerprint density at radius 2 is 1.73 bits per heavy atom. The van der Waals surface area contributed by atoms with Crippen molar-refractivity contribution in [1.29, 1.82) is 0 Å². The second-order valence-corrected chi connectivity index (χ2v) is 9.28. The molecule has 0 bridgehead atoms. The van der Waals surface area contributed by atoms with Crippen LogP contribution in [0.5, 0.6) is 0 Å². The summed E-state index contributed by atoms with van der Waals surface area (Å²) < 4.78 is 27.3. The van der Waals surface area contributed by atoms with E-state index in [1.807, 2.05) is 19.1 Å². The molecule has 2 N–H and O–H groups in total. The summed E-state index contributed by atoms with van der Waals surface area (Å²) in [6.07, 6.45) is 0. The number of piperazine rings is 1. The minimum Gasteiger partial charge on any atom is -0.369 e. The van der Waals surface area contributed by atoms with Gasteiger partial charge in [-0.15, -0.1) is 0 Å². The summed E-state index contributed by atoms with van der Waals surface area (Å²) in [6, 6.07) is 13.1. The molecule has 1 aliphatic rings. The molecule has 1 aliphatic heterocycles. The first-order valence-electron chi connectivity index (χ1n) is 10.3. The van der Waals surface area contributed by atoms with Gasteiger partial charge in [-0.2, -0.15) is 4.72 Å². The Bertz CT molecular complexity index is 971. The Morgan fingerprint density at radius 3 is 2.33 bits per heavy atom. The van der Waals surface area contributed by atoms with E-state index in [2.05, 4.69) is 32.8 Å². The van der Waals surface area contributed by atoms with Crippen molar-refractivity contribution in [3.8, 4) is 0 Å². The topological polar surface area (TPSA) is 81.8 Å². The van der Waals surface area contributed by atoms with Crippen LogP contribution in [0, 0.1) is 6.92 Å². The average Bonchev–Trinajstić information content (AvgIpc) is 2.75. The molecule has 0 saturated carbocycles. The highest BCUT2D eigenvalue weighted by Gasteiger charge is 2.22. The number of likely N-dealkylation sites (N-methyl/N-ethyl adjacent to an activating group) is 1. The molecule has 0 aromatic heterocycles. The first-order chi connectivity index (χ1) is 14.3. The third kappa shape index (κ3) is 5.38. The number of anilines is 2. The number of carbonyl (C=O) groups is 1. The van der Waals surface area contributed by atoms with Crippen LogP contribution in [-0.2, 0) is 14.8 Å². The SMILES string of the molecule is CCN1CCN(c2ccc(NC(=O)C(C)NS(=O)(=O)c3ccccc3)c(C)c2)CC1. The van der Waals surface area contributed by atoms with Crippen molar-refractivity contribution < 1.29 is 13.2 Å². The van der Waals surface area contributed by atoms with Crippen LogP contribution in [-0.4, -0.2) is 58.0 Å². The Balaban J connectivity index is 1.62. The number of nitrogens with zero attached hydrogens (tertiary/aromatic N) is 2. The van der Waals surface area contributed by atoms with Crippen molar-refractivity contribution in [2.75, 3.05) is 42.9 Å². The standard InChI is InChI=1S/C22H30N4O3S/c1-4-25-12-14-26(15-13-25)19-10-11-21(17(2)16-19)23-22(27)18(3)24-30(28,29)20-8-6-5-7-9-20/h5-11,16,18,24H,4,12-15H2,1-3H3,(H,23,27). The summed E-state index contributed by atoms with van der Waals surface area (Å²) in [6.45, 7) is 10.8. The number of benzene rings is 2. The highest BCUT2D eigenvalue weighted by atomic mass is 32.2. The van der Waals surface area contributed by atoms with Crippen LogP contribution >= 0.6 is 0 Å². The predicted octanol–water partition coefficient (Wildman–Crippen LogP) is 2.44. The molecule has 2 aromatic rings. The number of hydrogen-bond acceptors (Lipinski definition) is 5. The number of nitrogens with one attached hydrogen (secondary N) is 2. The summed E-state index contributed by atoms with van der Waals surface area (Å²) in [5, 5.41) is 2.84. The van der Waals surface area contributed by atoms with Gasteiger partial charge in [-0.25, -0.2) is 8.42 Å². The molecule has 8 heteroatoms. The maximum absolute atomic E-state index is 12.6. The molecule has 1 atom stereocenters. The number of amides is 1. The summed E-state index contributed by atoms with van der Waals surface area (Å²) in [5.74, 6) is -0.401. The molecule has 162 valence electrons. The normalized spacial score (nSPS) is 16.3. The van der Waals surface area contributed by atoms with Gasteiger partial charge in [0.25, 0.3) is 0 Å². The molecule has 1 fully saturated rings. The highest BCUT2D eigenvalue weighted by Crippen LogP contribution is 2.24. The van der Waals surface area contributed by atoms with Gasteiger partial charge in [-0.05, 0) is 56.3 Å². The predicted molar refractivity (Wildman–Crippen MR) is 120 cm³/mol. The van der Waals surface area contributed by atoms with E-state index >= 15 is 0 Å². The molecule has 3 rings (SSSR count). The zero-order valence-corrected chi connectivity index (χ0v) is 18.6. The van der Waals surface area contributed by atoms with Crippen LogP contribution < -0.4 is 14.9 Å². The van der Waals surface area contributed by atoms with E-state index in [4.69, 9.17) is 0 Å². The largest absolute Gasteiger partial charge is 0.369 e. The fourth-order valence-corrected chi connectivity index (χ4v) is 4.73. The fourth-order valence-electron chi connectivity index (χ4n) is 3.50. The van der Waals surface area contributed by atoms with Crippen molar-refractivity contribution in [3.63, 3.8) is 0 Å². The van der Waals surface area contributed by atoms with E-state index in [-0.39, 0.29) is 4.90 Å². The van der Waals surface area contributed by atoms with Crippen LogP contribution in [0.3, 0.4) is 0 Å². The second-order valence-electron chi connectivity index (χ2n) is 7.57. The molecule has 1 saturated heterocycles. The Labute approximate surface area is 179 Å². The molecule has 2 aromatic carbocycles. The number of rotatable bonds is 7. The number of hydrogen-bond donors (Lipinski definition) is 2. The van der Waals surface area contributed by atoms with Gasteiger partial charge in [0.15, 0.2) is 0 Å². The quantitative estimate of drug-likeness (QED) is 0.705. The van der Waals surface area contributed by atoms with Gasteiger partial charge < -0.3 is 15.1 Å². The molecule has 1 heterocycles. The summed E-state index contributed by atoms with van der Waals surface area (Å²) in [4.78, 5) is 17.5. The fraction of sp³-hybridized carbons (Fsp3) is 0.409. The van der Waals surface area contributed by atoms with Gasteiger partial charge in [0, 0.05) is 37.6 Å². The van der Waals surface area contributed by atoms with Crippen molar-refractivity contribution in [2.24, 2.45) is 0 Å². The minimum atomic E-state index is -3.76. The van der Waals surface area contributed by atoms with E-state index in [0.717, 1.165) is 44.0 Å². The molecule has 7 nitrogen and oxygen atoms in total. The monoisotopic (exact) mass is 430 g/mol. The van der Waals surface area contributed by atoms with Gasteiger partial charge in [0.1, 0.15) is 0 Å². The van der Waals surface area contributed by atoms with E-state index in [1.165, 1.54) is 19.1 Å². The van der Waals surface area contributed by atoms with Crippen LogP contribution in [0.25, 0.3) is 0 Å². The lowest BCUT2D eigenvalue weighted by atomic mass is 10.1. The maximum atomic E-state index is 12.6. The average molecular weight is 431 g/mol. The summed E-state index contributed by atoms with van der Waals surface area (Å²) >= 11 is 0. The van der Waals surface area contributed by atoms with Crippen molar-refractivity contribution in [1.82, 2.24) is 9.62 Å². The molecule has 1 amide bonds. The molecule has 0 spiro atoms. The number of aryl methyl sites for hydroxylation is 1. The first-order valence-corrected chi connectivity index (χ1v) is 11.7. The van der Waals surface area contributed by atoms with E-state index in [9.17, 15) is 13.2 Å². The van der Waals surface area contributed by atoms with E-state index in [1.54, 1.807) is 18.2 Å². The molecule has 0 radical (unpaired) electrons. The first kappa shape index (κ1) is 22.3. The Hall–Kier alpha value is -2.42. The smallest absolute Gasteiger partial charge is 0.242 e. The Morgan fingerprint density at radius 1 is 1.07 bits per heavy atom.